The lowest BCUT2D eigenvalue weighted by atomic mass is 10.1. The van der Waals surface area contributed by atoms with Crippen LogP contribution in [0, 0.1) is 6.92 Å². The molecule has 1 amide bonds. The smallest absolute Gasteiger partial charge is 0.252 e. The molecule has 2 aromatic carbocycles. The van der Waals surface area contributed by atoms with Crippen molar-refractivity contribution in [3.05, 3.63) is 65.7 Å². The van der Waals surface area contributed by atoms with Crippen LogP contribution < -0.4 is 4.90 Å². The van der Waals surface area contributed by atoms with E-state index < -0.39 is 9.84 Å². The lowest BCUT2D eigenvalue weighted by Gasteiger charge is -2.26. The summed E-state index contributed by atoms with van der Waals surface area (Å²) in [7, 11) is -3.06. The summed E-state index contributed by atoms with van der Waals surface area (Å²) in [6, 6.07) is 17.2. The van der Waals surface area contributed by atoms with Crippen molar-refractivity contribution in [3.63, 3.8) is 0 Å². The number of nitrogens with zero attached hydrogens (tertiary/aromatic N) is 2. The van der Waals surface area contributed by atoms with Crippen molar-refractivity contribution in [3.8, 4) is 0 Å². The van der Waals surface area contributed by atoms with Crippen LogP contribution in [0.1, 0.15) is 11.1 Å². The van der Waals surface area contributed by atoms with Gasteiger partial charge in [-0.05, 0) is 24.1 Å². The molecule has 2 aliphatic rings. The molecule has 2 heterocycles. The fraction of sp³-hybridized carbons (Fsp3) is 0.300. The standard InChI is InChI=1S/C20H20N2O3S2/c1-14-7-5-6-10-16(14)22-17-12-27(24,25)13-18(17)26-20(22)21-19(23)11-15-8-3-2-4-9-15/h2-10,17-18H,11-13H2,1H3/t17-,18+/m0/s1. The molecule has 0 radical (unpaired) electrons. The van der Waals surface area contributed by atoms with Crippen molar-refractivity contribution >= 4 is 38.4 Å². The van der Waals surface area contributed by atoms with Crippen molar-refractivity contribution in [2.24, 2.45) is 4.99 Å². The fourth-order valence-corrected chi connectivity index (χ4v) is 7.52. The van der Waals surface area contributed by atoms with Gasteiger partial charge in [0.25, 0.3) is 5.91 Å². The van der Waals surface area contributed by atoms with Crippen molar-refractivity contribution < 1.29 is 13.2 Å². The zero-order valence-corrected chi connectivity index (χ0v) is 16.5. The Morgan fingerprint density at radius 3 is 2.56 bits per heavy atom. The molecule has 0 N–H and O–H groups in total. The number of aliphatic imine (C=N–C) groups is 1. The molecule has 0 unspecified atom stereocenters. The molecule has 7 heteroatoms. The molecule has 0 spiro atoms. The molecule has 4 rings (SSSR count). The number of amides is 1. The van der Waals surface area contributed by atoms with E-state index in [2.05, 4.69) is 4.99 Å². The predicted molar refractivity (Wildman–Crippen MR) is 110 cm³/mol. The highest BCUT2D eigenvalue weighted by atomic mass is 32.2. The molecule has 140 valence electrons. The number of carbonyl (C=O) groups excluding carboxylic acids is 1. The Kier molecular flexibility index (Phi) is 4.82. The molecule has 2 saturated heterocycles. The van der Waals surface area contributed by atoms with Gasteiger partial charge in [0.15, 0.2) is 15.0 Å². The van der Waals surface area contributed by atoms with Crippen LogP contribution in [0.2, 0.25) is 0 Å². The highest BCUT2D eigenvalue weighted by molar-refractivity contribution is 8.16. The number of hydrogen-bond acceptors (Lipinski definition) is 4. The minimum atomic E-state index is -3.06. The van der Waals surface area contributed by atoms with Gasteiger partial charge in [0.05, 0.1) is 24.0 Å². The van der Waals surface area contributed by atoms with E-state index in [0.29, 0.717) is 5.17 Å². The normalized spacial score (nSPS) is 24.9. The molecule has 0 bridgehead atoms. The zero-order valence-electron chi connectivity index (χ0n) is 14.9. The summed E-state index contributed by atoms with van der Waals surface area (Å²) in [5, 5.41) is 0.521. The Bertz CT molecular complexity index is 1000. The third-order valence-corrected chi connectivity index (χ3v) is 8.07. The van der Waals surface area contributed by atoms with Crippen LogP contribution in [0.4, 0.5) is 5.69 Å². The summed E-state index contributed by atoms with van der Waals surface area (Å²) in [4.78, 5) is 18.9. The number of benzene rings is 2. The van der Waals surface area contributed by atoms with E-state index in [1.807, 2.05) is 66.4 Å². The van der Waals surface area contributed by atoms with Gasteiger partial charge in [-0.25, -0.2) is 8.42 Å². The van der Waals surface area contributed by atoms with Gasteiger partial charge < -0.3 is 4.90 Å². The maximum absolute atomic E-state index is 12.5. The Balaban J connectivity index is 1.67. The predicted octanol–water partition coefficient (Wildman–Crippen LogP) is 2.84. The average Bonchev–Trinajstić information content (AvgIpc) is 3.07. The Hall–Kier alpha value is -2.12. The number of amidine groups is 1. The Labute approximate surface area is 163 Å². The molecule has 0 aromatic heterocycles. The van der Waals surface area contributed by atoms with Gasteiger partial charge in [-0.1, -0.05) is 60.3 Å². The second-order valence-electron chi connectivity index (χ2n) is 6.91. The number of para-hydroxylation sites is 1. The molecule has 2 aliphatic heterocycles. The quantitative estimate of drug-likeness (QED) is 0.793. The number of aryl methyl sites for hydroxylation is 1. The molecule has 5 nitrogen and oxygen atoms in total. The van der Waals surface area contributed by atoms with E-state index in [-0.39, 0.29) is 35.1 Å². The fourth-order valence-electron chi connectivity index (χ4n) is 3.60. The van der Waals surface area contributed by atoms with Gasteiger partial charge in [0.1, 0.15) is 0 Å². The van der Waals surface area contributed by atoms with Crippen LogP contribution >= 0.6 is 11.8 Å². The molecule has 2 aromatic rings. The van der Waals surface area contributed by atoms with E-state index in [0.717, 1.165) is 16.8 Å². The first-order chi connectivity index (χ1) is 12.9. The summed E-state index contributed by atoms with van der Waals surface area (Å²) in [6.07, 6.45) is 0.236. The number of thioether (sulfide) groups is 1. The maximum atomic E-state index is 12.5. The second-order valence-corrected chi connectivity index (χ2v) is 10.3. The van der Waals surface area contributed by atoms with Gasteiger partial charge in [0, 0.05) is 10.9 Å². The van der Waals surface area contributed by atoms with Crippen LogP contribution in [0.25, 0.3) is 0 Å². The SMILES string of the molecule is Cc1ccccc1N1C(=NC(=O)Cc2ccccc2)S[C@@H]2CS(=O)(=O)C[C@@H]21. The van der Waals surface area contributed by atoms with Crippen molar-refractivity contribution in [1.82, 2.24) is 0 Å². The molecule has 27 heavy (non-hydrogen) atoms. The van der Waals surface area contributed by atoms with Crippen molar-refractivity contribution in [2.75, 3.05) is 16.4 Å². The molecular weight excluding hydrogens is 380 g/mol. The summed E-state index contributed by atoms with van der Waals surface area (Å²) < 4.78 is 24.3. The Morgan fingerprint density at radius 1 is 1.11 bits per heavy atom. The van der Waals surface area contributed by atoms with Crippen molar-refractivity contribution in [2.45, 2.75) is 24.6 Å². The van der Waals surface area contributed by atoms with E-state index in [1.54, 1.807) is 0 Å². The first-order valence-corrected chi connectivity index (χ1v) is 11.5. The van der Waals surface area contributed by atoms with E-state index in [1.165, 1.54) is 11.8 Å². The van der Waals surface area contributed by atoms with Crippen LogP contribution in [-0.4, -0.2) is 42.3 Å². The van der Waals surface area contributed by atoms with Crippen LogP contribution in [-0.2, 0) is 21.1 Å². The zero-order chi connectivity index (χ0) is 19.0. The maximum Gasteiger partial charge on any atom is 0.252 e. The van der Waals surface area contributed by atoms with Gasteiger partial charge in [-0.3, -0.25) is 4.79 Å². The summed E-state index contributed by atoms with van der Waals surface area (Å²) >= 11 is 1.41. The summed E-state index contributed by atoms with van der Waals surface area (Å²) in [6.45, 7) is 1.99. The lowest BCUT2D eigenvalue weighted by molar-refractivity contribution is -0.117. The summed E-state index contributed by atoms with van der Waals surface area (Å²) in [5.41, 5.74) is 2.87. The van der Waals surface area contributed by atoms with Crippen LogP contribution in [0.3, 0.4) is 0 Å². The third kappa shape index (κ3) is 3.80. The minimum Gasteiger partial charge on any atom is -0.315 e. The van der Waals surface area contributed by atoms with Gasteiger partial charge >= 0.3 is 0 Å². The number of anilines is 1. The van der Waals surface area contributed by atoms with Crippen LogP contribution in [0.5, 0.6) is 0 Å². The monoisotopic (exact) mass is 400 g/mol. The van der Waals surface area contributed by atoms with Crippen molar-refractivity contribution in [1.29, 1.82) is 0 Å². The number of fused-ring (bicyclic) bond motifs is 1. The number of hydrogen-bond donors (Lipinski definition) is 0. The first-order valence-electron chi connectivity index (χ1n) is 8.80. The third-order valence-electron chi connectivity index (χ3n) is 4.86. The number of sulfone groups is 1. The molecule has 2 fully saturated rings. The van der Waals surface area contributed by atoms with Gasteiger partial charge in [-0.15, -0.1) is 0 Å². The molecule has 0 aliphatic carbocycles. The molecule has 0 saturated carbocycles. The number of rotatable bonds is 3. The second kappa shape index (κ2) is 7.13. The van der Waals surface area contributed by atoms with Gasteiger partial charge in [-0.2, -0.15) is 4.99 Å². The highest BCUT2D eigenvalue weighted by Crippen LogP contribution is 2.41. The summed E-state index contributed by atoms with van der Waals surface area (Å²) in [5.74, 6) is 0.0201. The van der Waals surface area contributed by atoms with E-state index in [4.69, 9.17) is 0 Å². The molecular formula is C20H20N2O3S2. The van der Waals surface area contributed by atoms with E-state index in [9.17, 15) is 13.2 Å². The van der Waals surface area contributed by atoms with Gasteiger partial charge in [0.2, 0.25) is 0 Å². The minimum absolute atomic E-state index is 0.0853. The first kappa shape index (κ1) is 18.3. The molecule has 2 atom stereocenters. The highest BCUT2D eigenvalue weighted by Gasteiger charge is 2.49. The number of carbonyl (C=O) groups is 1. The Morgan fingerprint density at radius 2 is 1.81 bits per heavy atom. The average molecular weight is 401 g/mol. The van der Waals surface area contributed by atoms with Crippen LogP contribution in [0.15, 0.2) is 59.6 Å². The largest absolute Gasteiger partial charge is 0.315 e. The topological polar surface area (TPSA) is 66.8 Å². The van der Waals surface area contributed by atoms with E-state index >= 15 is 0 Å². The lowest BCUT2D eigenvalue weighted by Crippen LogP contribution is -2.38.